The van der Waals surface area contributed by atoms with E-state index in [-0.39, 0.29) is 5.69 Å². The van der Waals surface area contributed by atoms with Crippen LogP contribution < -0.4 is 29.6 Å². The Kier molecular flexibility index (Phi) is 4.25. The lowest BCUT2D eigenvalue weighted by atomic mass is 10.2. The van der Waals surface area contributed by atoms with Crippen LogP contribution in [0.4, 0.5) is 5.69 Å². The van der Waals surface area contributed by atoms with Crippen LogP contribution in [0.2, 0.25) is 0 Å². The van der Waals surface area contributed by atoms with E-state index in [0.717, 1.165) is 0 Å². The highest BCUT2D eigenvalue weighted by atomic mass is 16.6. The Bertz CT molecular complexity index is 1050. The maximum Gasteiger partial charge on any atom is 0.436 e. The average molecular weight is 369 g/mol. The summed E-state index contributed by atoms with van der Waals surface area (Å²) < 4.78 is 22.0. The second-order valence-electron chi connectivity index (χ2n) is 5.61. The smallest absolute Gasteiger partial charge is 0.436 e. The molecule has 0 saturated heterocycles. The standard InChI is InChI=1S/C18H15N3O6/c1-24-13-5-3-12(4-6-13)21-16(18(23)27-20-21)17(22)19-11-2-7-14-15(10-11)26-9-8-25-14/h2-7,10H,8-9H2,1H3,(H-,19,20,22,23). The van der Waals surface area contributed by atoms with Gasteiger partial charge in [0.05, 0.1) is 18.7 Å². The third-order valence-corrected chi connectivity index (χ3v) is 3.94. The minimum absolute atomic E-state index is 0.255. The molecule has 0 atom stereocenters. The van der Waals surface area contributed by atoms with Crippen LogP contribution in [0.25, 0.3) is 5.69 Å². The van der Waals surface area contributed by atoms with Gasteiger partial charge in [0, 0.05) is 18.2 Å². The van der Waals surface area contributed by atoms with Crippen LogP contribution in [0, 0.1) is 0 Å². The van der Waals surface area contributed by atoms with Gasteiger partial charge in [-0.3, -0.25) is 9.52 Å². The Labute approximate surface area is 153 Å². The maximum atomic E-state index is 12.6. The number of hydrogen-bond acceptors (Lipinski definition) is 7. The molecule has 9 heteroatoms. The van der Waals surface area contributed by atoms with Crippen LogP contribution in [0.15, 0.2) is 56.8 Å². The summed E-state index contributed by atoms with van der Waals surface area (Å²) in [7, 11) is 1.54. The maximum absolute atomic E-state index is 12.6. The predicted octanol–water partition coefficient (Wildman–Crippen LogP) is 0.463. The van der Waals surface area contributed by atoms with E-state index in [1.807, 2.05) is 0 Å². The van der Waals surface area contributed by atoms with Crippen molar-refractivity contribution in [3.8, 4) is 22.9 Å². The van der Waals surface area contributed by atoms with Gasteiger partial charge in [-0.25, -0.2) is 4.79 Å². The number of hydrogen-bond donors (Lipinski definition) is 1. The second-order valence-corrected chi connectivity index (χ2v) is 5.61. The molecule has 0 unspecified atom stereocenters. The molecule has 1 aliphatic rings. The molecule has 1 aliphatic heterocycles. The summed E-state index contributed by atoms with van der Waals surface area (Å²) in [4.78, 5) is 16.0. The fraction of sp³-hybridized carbons (Fsp3) is 0.167. The van der Waals surface area contributed by atoms with E-state index >= 15 is 0 Å². The molecule has 2 aromatic carbocycles. The topological polar surface area (TPSA) is 113 Å². The average Bonchev–Trinajstić information content (AvgIpc) is 3.09. The molecule has 9 nitrogen and oxygen atoms in total. The summed E-state index contributed by atoms with van der Waals surface area (Å²) in [5.74, 6) is 0.970. The number of ether oxygens (including phenoxy) is 3. The number of rotatable bonds is 4. The first-order chi connectivity index (χ1) is 13.2. The van der Waals surface area contributed by atoms with Crippen molar-refractivity contribution in [2.24, 2.45) is 4.99 Å². The number of H-pyrrole nitrogens is 1. The third kappa shape index (κ3) is 3.22. The summed E-state index contributed by atoms with van der Waals surface area (Å²) in [5.41, 5.74) is -0.222. The van der Waals surface area contributed by atoms with Gasteiger partial charge < -0.3 is 19.3 Å². The third-order valence-electron chi connectivity index (χ3n) is 3.94. The zero-order chi connectivity index (χ0) is 18.8. The Morgan fingerprint density at radius 1 is 1.15 bits per heavy atom. The Hall–Kier alpha value is -3.75. The van der Waals surface area contributed by atoms with Gasteiger partial charge in [0.15, 0.2) is 11.5 Å². The molecule has 0 saturated carbocycles. The zero-order valence-corrected chi connectivity index (χ0v) is 14.3. The van der Waals surface area contributed by atoms with Gasteiger partial charge in [0.25, 0.3) is 0 Å². The molecule has 4 rings (SSSR count). The summed E-state index contributed by atoms with van der Waals surface area (Å²) in [6.45, 7) is 0.887. The van der Waals surface area contributed by atoms with Gasteiger partial charge in [-0.15, -0.1) is 0 Å². The van der Waals surface area contributed by atoms with Gasteiger partial charge >= 0.3 is 11.3 Å². The van der Waals surface area contributed by atoms with E-state index in [4.69, 9.17) is 18.7 Å². The normalized spacial score (nSPS) is 13.4. The lowest BCUT2D eigenvalue weighted by molar-refractivity contribution is -0.673. The molecule has 138 valence electrons. The number of aliphatic imine (C=N–C) groups is 1. The highest BCUT2D eigenvalue weighted by Crippen LogP contribution is 2.33. The van der Waals surface area contributed by atoms with Crippen molar-refractivity contribution in [1.82, 2.24) is 5.27 Å². The molecule has 0 bridgehead atoms. The Morgan fingerprint density at radius 2 is 1.89 bits per heavy atom. The van der Waals surface area contributed by atoms with E-state index in [2.05, 4.69) is 10.3 Å². The van der Waals surface area contributed by atoms with Gasteiger partial charge in [0.1, 0.15) is 19.0 Å². The number of benzene rings is 2. The number of nitrogens with one attached hydrogen (secondary N) is 1. The van der Waals surface area contributed by atoms with Crippen molar-refractivity contribution in [2.75, 3.05) is 20.3 Å². The first-order valence-corrected chi connectivity index (χ1v) is 8.09. The summed E-state index contributed by atoms with van der Waals surface area (Å²) in [5, 5.41) is 15.0. The van der Waals surface area contributed by atoms with Crippen LogP contribution >= 0.6 is 0 Å². The molecule has 0 amide bonds. The van der Waals surface area contributed by atoms with Gasteiger partial charge in [-0.1, -0.05) is 0 Å². The number of methoxy groups -OCH3 is 1. The molecule has 27 heavy (non-hydrogen) atoms. The zero-order valence-electron chi connectivity index (χ0n) is 14.3. The van der Waals surface area contributed by atoms with Crippen molar-refractivity contribution in [3.05, 3.63) is 58.6 Å². The lowest BCUT2D eigenvalue weighted by Crippen LogP contribution is -2.44. The van der Waals surface area contributed by atoms with E-state index in [9.17, 15) is 9.90 Å². The van der Waals surface area contributed by atoms with Crippen LogP contribution in [0.3, 0.4) is 0 Å². The fourth-order valence-corrected chi connectivity index (χ4v) is 2.64. The summed E-state index contributed by atoms with van der Waals surface area (Å²) >= 11 is 0. The Morgan fingerprint density at radius 3 is 2.63 bits per heavy atom. The molecule has 3 aromatic rings. The molecular formula is C18H15N3O6. The fourth-order valence-electron chi connectivity index (χ4n) is 2.64. The van der Waals surface area contributed by atoms with Crippen molar-refractivity contribution in [3.63, 3.8) is 0 Å². The number of nitrogens with zero attached hydrogens (tertiary/aromatic N) is 2. The highest BCUT2D eigenvalue weighted by Gasteiger charge is 2.24. The predicted molar refractivity (Wildman–Crippen MR) is 91.0 cm³/mol. The van der Waals surface area contributed by atoms with E-state index in [1.54, 1.807) is 49.6 Å². The van der Waals surface area contributed by atoms with E-state index < -0.39 is 11.5 Å². The second kappa shape index (κ2) is 6.87. The lowest BCUT2D eigenvalue weighted by Gasteiger charge is -2.18. The molecule has 1 N–H and O–H groups in total. The summed E-state index contributed by atoms with van der Waals surface area (Å²) in [6, 6.07) is 11.6. The highest BCUT2D eigenvalue weighted by molar-refractivity contribution is 5.88. The molecule has 0 aliphatic carbocycles. The molecule has 0 radical (unpaired) electrons. The SMILES string of the molecule is COc1ccc(-[n+]2[nH]oc(=O)c2C([O-])=Nc2ccc3c(c2)OCCO3)cc1. The first-order valence-electron chi connectivity index (χ1n) is 8.09. The van der Waals surface area contributed by atoms with Crippen molar-refractivity contribution >= 4 is 11.6 Å². The van der Waals surface area contributed by atoms with Crippen LogP contribution in [-0.2, 0) is 0 Å². The number of fused-ring (bicyclic) bond motifs is 1. The minimum atomic E-state index is -0.822. The Balaban J connectivity index is 1.71. The van der Waals surface area contributed by atoms with Crippen molar-refractivity contribution in [2.45, 2.75) is 0 Å². The van der Waals surface area contributed by atoms with E-state index in [0.29, 0.717) is 41.8 Å². The van der Waals surface area contributed by atoms with Crippen LogP contribution in [0.5, 0.6) is 17.2 Å². The molecule has 0 fully saturated rings. The largest absolute Gasteiger partial charge is 0.854 e. The molecule has 0 spiro atoms. The van der Waals surface area contributed by atoms with Crippen molar-refractivity contribution in [1.29, 1.82) is 0 Å². The first kappa shape index (κ1) is 16.7. The number of aromatic nitrogens is 2. The van der Waals surface area contributed by atoms with E-state index in [1.165, 1.54) is 4.68 Å². The van der Waals surface area contributed by atoms with Crippen LogP contribution in [0.1, 0.15) is 5.69 Å². The monoisotopic (exact) mass is 369 g/mol. The molecular weight excluding hydrogens is 354 g/mol. The van der Waals surface area contributed by atoms with Crippen molar-refractivity contribution < 1.29 is 28.5 Å². The van der Waals surface area contributed by atoms with Gasteiger partial charge in [-0.2, -0.15) is 0 Å². The molecule has 1 aromatic heterocycles. The number of aromatic amines is 1. The minimum Gasteiger partial charge on any atom is -0.854 e. The van der Waals surface area contributed by atoms with Gasteiger partial charge in [-0.05, 0) is 34.2 Å². The summed E-state index contributed by atoms with van der Waals surface area (Å²) in [6.07, 6.45) is 0. The van der Waals surface area contributed by atoms with Crippen LogP contribution in [-0.4, -0.2) is 31.5 Å². The quantitative estimate of drug-likeness (QED) is 0.406. The molecule has 2 heterocycles. The van der Waals surface area contributed by atoms with Gasteiger partial charge in [0.2, 0.25) is 5.69 Å².